The number of nitrogens with one attached hydrogen (secondary N) is 2. The summed E-state index contributed by atoms with van der Waals surface area (Å²) in [4.78, 5) is 36.4. The van der Waals surface area contributed by atoms with Gasteiger partial charge in [0.15, 0.2) is 12.1 Å². The monoisotopic (exact) mass is 515 g/mol. The van der Waals surface area contributed by atoms with Crippen LogP contribution in [0.25, 0.3) is 17.0 Å². The van der Waals surface area contributed by atoms with Gasteiger partial charge in [-0.25, -0.2) is 10.3 Å². The van der Waals surface area contributed by atoms with Crippen molar-refractivity contribution in [2.24, 2.45) is 0 Å². The highest BCUT2D eigenvalue weighted by atomic mass is 16.8. The van der Waals surface area contributed by atoms with E-state index in [0.717, 1.165) is 62.8 Å². The highest BCUT2D eigenvalue weighted by Gasteiger charge is 2.43. The van der Waals surface area contributed by atoms with Crippen LogP contribution >= 0.6 is 0 Å². The summed E-state index contributed by atoms with van der Waals surface area (Å²) in [5, 5.41) is 1.26. The fourth-order valence-electron chi connectivity index (χ4n) is 5.65. The lowest BCUT2D eigenvalue weighted by molar-refractivity contribution is -0.198. The van der Waals surface area contributed by atoms with Gasteiger partial charge in [0.05, 0.1) is 12.0 Å². The third-order valence-electron chi connectivity index (χ3n) is 7.81. The number of piperidine rings is 1. The van der Waals surface area contributed by atoms with Gasteiger partial charge in [0.1, 0.15) is 11.4 Å². The molecule has 0 bridgehead atoms. The number of aromatic amines is 1. The SMILES string of the molecule is O=C(C=Cc1ccc2c(c1)C(=O)CC1(CCN(Cc3c[nH]c4ccccc34)CC1)O2)NOC1CCCCO1. The zero-order chi connectivity index (χ0) is 26.0. The van der Waals surface area contributed by atoms with Gasteiger partial charge in [-0.2, -0.15) is 0 Å². The van der Waals surface area contributed by atoms with Crippen LogP contribution in [0.5, 0.6) is 5.75 Å². The molecule has 2 N–H and O–H groups in total. The molecule has 0 aliphatic carbocycles. The van der Waals surface area contributed by atoms with E-state index in [9.17, 15) is 9.59 Å². The number of carbonyl (C=O) groups is 2. The summed E-state index contributed by atoms with van der Waals surface area (Å²) in [7, 11) is 0. The summed E-state index contributed by atoms with van der Waals surface area (Å²) in [5.74, 6) is 0.345. The molecular formula is C30H33N3O5. The molecule has 1 amide bonds. The third-order valence-corrected chi connectivity index (χ3v) is 7.81. The third kappa shape index (κ3) is 5.38. The van der Waals surface area contributed by atoms with Gasteiger partial charge in [-0.15, -0.1) is 0 Å². The number of benzene rings is 2. The molecule has 3 aliphatic heterocycles. The van der Waals surface area contributed by atoms with E-state index >= 15 is 0 Å². The van der Waals surface area contributed by atoms with Gasteiger partial charge in [0.25, 0.3) is 5.91 Å². The van der Waals surface area contributed by atoms with Crippen molar-refractivity contribution in [2.75, 3.05) is 19.7 Å². The van der Waals surface area contributed by atoms with Crippen molar-refractivity contribution >= 4 is 28.7 Å². The molecule has 6 rings (SSSR count). The van der Waals surface area contributed by atoms with Crippen molar-refractivity contribution in [1.82, 2.24) is 15.4 Å². The number of fused-ring (bicyclic) bond motifs is 2. The molecule has 38 heavy (non-hydrogen) atoms. The summed E-state index contributed by atoms with van der Waals surface area (Å²) in [6.45, 7) is 3.29. The van der Waals surface area contributed by atoms with E-state index in [0.29, 0.717) is 24.3 Å². The second kappa shape index (κ2) is 10.7. The van der Waals surface area contributed by atoms with Crippen molar-refractivity contribution in [3.8, 4) is 5.75 Å². The van der Waals surface area contributed by atoms with Crippen molar-refractivity contribution < 1.29 is 23.9 Å². The highest BCUT2D eigenvalue weighted by molar-refractivity contribution is 6.01. The minimum absolute atomic E-state index is 0.0915. The van der Waals surface area contributed by atoms with E-state index in [4.69, 9.17) is 14.3 Å². The van der Waals surface area contributed by atoms with Crippen LogP contribution in [0.15, 0.2) is 54.7 Å². The number of Topliss-reactive ketones (excluding diaryl/α,β-unsaturated/α-hetero) is 1. The maximum absolute atomic E-state index is 13.2. The van der Waals surface area contributed by atoms with Crippen LogP contribution in [0.1, 0.15) is 60.0 Å². The molecule has 1 atom stereocenters. The number of hydrogen-bond donors (Lipinski definition) is 2. The van der Waals surface area contributed by atoms with Crippen LogP contribution in [0.3, 0.4) is 0 Å². The van der Waals surface area contributed by atoms with Gasteiger partial charge in [-0.05, 0) is 48.2 Å². The predicted molar refractivity (Wildman–Crippen MR) is 143 cm³/mol. The summed E-state index contributed by atoms with van der Waals surface area (Å²) < 4.78 is 11.9. The summed E-state index contributed by atoms with van der Waals surface area (Å²) in [6, 6.07) is 13.9. The van der Waals surface area contributed by atoms with Gasteiger partial charge >= 0.3 is 0 Å². The van der Waals surface area contributed by atoms with Gasteiger partial charge in [-0.3, -0.25) is 14.5 Å². The molecule has 0 radical (unpaired) electrons. The number of nitrogens with zero attached hydrogens (tertiary/aromatic N) is 1. The lowest BCUT2D eigenvalue weighted by Gasteiger charge is -2.44. The maximum atomic E-state index is 13.2. The van der Waals surface area contributed by atoms with Crippen LogP contribution in [0, 0.1) is 0 Å². The molecule has 2 fully saturated rings. The number of aromatic nitrogens is 1. The first-order valence-corrected chi connectivity index (χ1v) is 13.5. The molecule has 8 nitrogen and oxygen atoms in total. The molecule has 198 valence electrons. The molecule has 2 saturated heterocycles. The van der Waals surface area contributed by atoms with Crippen LogP contribution in [0.2, 0.25) is 0 Å². The summed E-state index contributed by atoms with van der Waals surface area (Å²) in [5.41, 5.74) is 5.75. The average Bonchev–Trinajstić information content (AvgIpc) is 3.35. The fourth-order valence-corrected chi connectivity index (χ4v) is 5.65. The number of H-pyrrole nitrogens is 1. The zero-order valence-electron chi connectivity index (χ0n) is 21.4. The van der Waals surface area contributed by atoms with Crippen molar-refractivity contribution in [3.63, 3.8) is 0 Å². The first-order chi connectivity index (χ1) is 18.6. The van der Waals surface area contributed by atoms with Crippen molar-refractivity contribution in [3.05, 3.63) is 71.4 Å². The molecular weight excluding hydrogens is 482 g/mol. The predicted octanol–water partition coefficient (Wildman–Crippen LogP) is 4.76. The molecule has 4 heterocycles. The highest BCUT2D eigenvalue weighted by Crippen LogP contribution is 2.40. The van der Waals surface area contributed by atoms with Crippen LogP contribution in [0.4, 0.5) is 0 Å². The number of ketones is 1. The Balaban J connectivity index is 1.05. The van der Waals surface area contributed by atoms with Crippen molar-refractivity contribution in [1.29, 1.82) is 0 Å². The molecule has 8 heteroatoms. The maximum Gasteiger partial charge on any atom is 0.267 e. The Labute approximate surface area is 221 Å². The van der Waals surface area contributed by atoms with Crippen molar-refractivity contribution in [2.45, 2.75) is 57.0 Å². The quantitative estimate of drug-likeness (QED) is 0.363. The Morgan fingerprint density at radius 1 is 1.18 bits per heavy atom. The smallest absolute Gasteiger partial charge is 0.267 e. The Morgan fingerprint density at radius 2 is 2.05 bits per heavy atom. The second-order valence-corrected chi connectivity index (χ2v) is 10.5. The van der Waals surface area contributed by atoms with Gasteiger partial charge < -0.3 is 14.5 Å². The van der Waals surface area contributed by atoms with Gasteiger partial charge in [0.2, 0.25) is 0 Å². The van der Waals surface area contributed by atoms with E-state index in [1.54, 1.807) is 12.1 Å². The van der Waals surface area contributed by atoms with E-state index in [2.05, 4.69) is 39.8 Å². The number of ether oxygens (including phenoxy) is 2. The molecule has 3 aliphatic rings. The number of hydrogen-bond acceptors (Lipinski definition) is 6. The summed E-state index contributed by atoms with van der Waals surface area (Å²) >= 11 is 0. The number of likely N-dealkylation sites (tertiary alicyclic amines) is 1. The molecule has 2 aromatic carbocycles. The fraction of sp³-hybridized carbons (Fsp3) is 0.400. The number of rotatable bonds is 6. The van der Waals surface area contributed by atoms with Gasteiger partial charge in [-0.1, -0.05) is 24.3 Å². The first-order valence-electron chi connectivity index (χ1n) is 13.5. The molecule has 3 aromatic rings. The minimum atomic E-state index is -0.448. The second-order valence-electron chi connectivity index (χ2n) is 10.5. The topological polar surface area (TPSA) is 92.9 Å². The number of para-hydroxylation sites is 1. The molecule has 1 aromatic heterocycles. The van der Waals surface area contributed by atoms with Gasteiger partial charge in [0, 0.05) is 68.7 Å². The Kier molecular flexibility index (Phi) is 7.02. The molecule has 0 saturated carbocycles. The van der Waals surface area contributed by atoms with E-state index in [1.165, 1.54) is 17.0 Å². The Morgan fingerprint density at radius 3 is 2.89 bits per heavy atom. The summed E-state index contributed by atoms with van der Waals surface area (Å²) in [6.07, 6.45) is 9.56. The average molecular weight is 516 g/mol. The zero-order valence-corrected chi connectivity index (χ0v) is 21.4. The van der Waals surface area contributed by atoms with E-state index in [-0.39, 0.29) is 11.7 Å². The first kappa shape index (κ1) is 24.9. The largest absolute Gasteiger partial charge is 0.486 e. The van der Waals surface area contributed by atoms with Crippen LogP contribution in [-0.2, 0) is 20.9 Å². The van der Waals surface area contributed by atoms with Crippen LogP contribution in [-0.4, -0.2) is 53.2 Å². The molecule has 1 unspecified atom stereocenters. The Hall–Kier alpha value is -3.46. The number of amides is 1. The normalized spacial score (nSPS) is 21.5. The van der Waals surface area contributed by atoms with E-state index in [1.807, 2.05) is 18.2 Å². The minimum Gasteiger partial charge on any atom is -0.486 e. The number of carbonyl (C=O) groups excluding carboxylic acids is 2. The lowest BCUT2D eigenvalue weighted by Crippen LogP contribution is -2.50. The molecule has 1 spiro atoms. The Bertz CT molecular complexity index is 1350. The lowest BCUT2D eigenvalue weighted by atomic mass is 9.82. The van der Waals surface area contributed by atoms with Crippen LogP contribution < -0.4 is 10.2 Å². The number of hydroxylamine groups is 1. The van der Waals surface area contributed by atoms with E-state index < -0.39 is 11.9 Å². The standard InChI is InChI=1S/C30H33N3O5/c34-26-18-30(12-14-33(15-13-30)20-22-19-31-25-6-2-1-5-23(22)25)37-27-10-8-21(17-24(26)27)9-11-28(35)32-38-29-7-3-4-16-36-29/h1-2,5-6,8-11,17,19,29,31H,3-4,7,12-16,18,20H2,(H,32,35).